The summed E-state index contributed by atoms with van der Waals surface area (Å²) in [6.07, 6.45) is -1.67. The van der Waals surface area contributed by atoms with Crippen LogP contribution >= 0.6 is 0 Å². The zero-order valence-corrected chi connectivity index (χ0v) is 18.8. The van der Waals surface area contributed by atoms with Gasteiger partial charge in [0.2, 0.25) is 0 Å². The molecule has 1 aliphatic heterocycles. The summed E-state index contributed by atoms with van der Waals surface area (Å²) >= 11 is 0. The standard InChI is InChI=1S/C22H26FN3O2.C2HF3O2/c23-18-5-1-16(2-6-18)20-13-21(20)24-14-15-9-11-26(12-10-15)19-7-3-17(4-8-19)22(27)25-28;3-2(4,5)1(6)7/h1-8,15,20-21,24,28H,9-14H2,(H,25,27);(H,6,7). The number of hydrogen-bond acceptors (Lipinski definition) is 5. The van der Waals surface area contributed by atoms with E-state index >= 15 is 0 Å². The van der Waals surface area contributed by atoms with E-state index in [1.165, 1.54) is 5.56 Å². The molecule has 11 heteroatoms. The van der Waals surface area contributed by atoms with E-state index in [-0.39, 0.29) is 5.82 Å². The van der Waals surface area contributed by atoms with Crippen LogP contribution in [-0.2, 0) is 4.79 Å². The summed E-state index contributed by atoms with van der Waals surface area (Å²) in [4.78, 5) is 22.6. The molecule has 1 amide bonds. The largest absolute Gasteiger partial charge is 0.490 e. The summed E-state index contributed by atoms with van der Waals surface area (Å²) in [7, 11) is 0. The van der Waals surface area contributed by atoms with E-state index < -0.39 is 18.1 Å². The Bertz CT molecular complexity index is 991. The molecular weight excluding hydrogens is 470 g/mol. The highest BCUT2D eigenvalue weighted by Crippen LogP contribution is 2.41. The van der Waals surface area contributed by atoms with E-state index in [1.807, 2.05) is 24.3 Å². The van der Waals surface area contributed by atoms with Crippen molar-refractivity contribution < 1.29 is 37.5 Å². The fourth-order valence-electron chi connectivity index (χ4n) is 4.10. The summed E-state index contributed by atoms with van der Waals surface area (Å²) in [5, 5.41) is 19.5. The minimum absolute atomic E-state index is 0.174. The number of anilines is 1. The number of nitrogens with one attached hydrogen (secondary N) is 2. The minimum Gasteiger partial charge on any atom is -0.475 e. The molecule has 2 aromatic carbocycles. The van der Waals surface area contributed by atoms with Crippen LogP contribution in [0.4, 0.5) is 23.2 Å². The van der Waals surface area contributed by atoms with Crippen molar-refractivity contribution in [2.75, 3.05) is 24.5 Å². The molecule has 1 aliphatic carbocycles. The minimum atomic E-state index is -5.08. The van der Waals surface area contributed by atoms with Crippen molar-refractivity contribution >= 4 is 17.6 Å². The molecule has 1 saturated heterocycles. The van der Waals surface area contributed by atoms with E-state index in [0.29, 0.717) is 23.4 Å². The quantitative estimate of drug-likeness (QED) is 0.274. The van der Waals surface area contributed by atoms with Gasteiger partial charge < -0.3 is 15.3 Å². The molecule has 1 saturated carbocycles. The average molecular weight is 497 g/mol. The molecule has 0 radical (unpaired) electrons. The van der Waals surface area contributed by atoms with Crippen LogP contribution in [0.5, 0.6) is 0 Å². The molecule has 0 spiro atoms. The summed E-state index contributed by atoms with van der Waals surface area (Å²) in [6, 6.07) is 14.7. The number of rotatable bonds is 6. The second-order valence-electron chi connectivity index (χ2n) is 8.63. The highest BCUT2D eigenvalue weighted by atomic mass is 19.4. The summed E-state index contributed by atoms with van der Waals surface area (Å²) in [6.45, 7) is 3.04. The second kappa shape index (κ2) is 11.5. The van der Waals surface area contributed by atoms with Crippen molar-refractivity contribution in [1.29, 1.82) is 0 Å². The fraction of sp³-hybridized carbons (Fsp3) is 0.417. The van der Waals surface area contributed by atoms with Gasteiger partial charge in [0.15, 0.2) is 0 Å². The predicted molar refractivity (Wildman–Crippen MR) is 120 cm³/mol. The van der Waals surface area contributed by atoms with Crippen LogP contribution in [-0.4, -0.2) is 54.0 Å². The monoisotopic (exact) mass is 497 g/mol. The Morgan fingerprint density at radius 2 is 1.57 bits per heavy atom. The van der Waals surface area contributed by atoms with Crippen LogP contribution < -0.4 is 15.7 Å². The Morgan fingerprint density at radius 1 is 1.00 bits per heavy atom. The molecule has 4 N–H and O–H groups in total. The molecule has 4 rings (SSSR count). The van der Waals surface area contributed by atoms with E-state index in [2.05, 4.69) is 10.2 Å². The zero-order valence-electron chi connectivity index (χ0n) is 18.8. The third-order valence-electron chi connectivity index (χ3n) is 6.21. The van der Waals surface area contributed by atoms with Gasteiger partial charge in [-0.3, -0.25) is 10.0 Å². The summed E-state index contributed by atoms with van der Waals surface area (Å²) in [5.74, 6) is -2.23. The molecule has 2 aliphatic rings. The lowest BCUT2D eigenvalue weighted by atomic mass is 9.96. The first-order chi connectivity index (χ1) is 16.6. The van der Waals surface area contributed by atoms with Crippen molar-refractivity contribution in [2.24, 2.45) is 5.92 Å². The number of nitrogens with zero attached hydrogens (tertiary/aromatic N) is 1. The smallest absolute Gasteiger partial charge is 0.475 e. The highest BCUT2D eigenvalue weighted by molar-refractivity contribution is 5.93. The van der Waals surface area contributed by atoms with Crippen LogP contribution in [0.1, 0.15) is 41.1 Å². The van der Waals surface area contributed by atoms with Crippen molar-refractivity contribution in [3.05, 3.63) is 65.5 Å². The van der Waals surface area contributed by atoms with Crippen LogP contribution in [0.25, 0.3) is 0 Å². The lowest BCUT2D eigenvalue weighted by Crippen LogP contribution is -2.38. The van der Waals surface area contributed by atoms with Crippen molar-refractivity contribution in [1.82, 2.24) is 10.8 Å². The Labute approximate surface area is 199 Å². The molecule has 2 aromatic rings. The van der Waals surface area contributed by atoms with Gasteiger partial charge in [0.25, 0.3) is 5.91 Å². The van der Waals surface area contributed by atoms with Gasteiger partial charge in [0.05, 0.1) is 0 Å². The molecule has 190 valence electrons. The van der Waals surface area contributed by atoms with Gasteiger partial charge in [-0.25, -0.2) is 14.7 Å². The SMILES string of the molecule is O=C(NO)c1ccc(N2CCC(CNC3CC3c3ccc(F)cc3)CC2)cc1.O=C(O)C(F)(F)F. The zero-order chi connectivity index (χ0) is 25.6. The number of halogens is 4. The normalized spacial score (nSPS) is 20.0. The number of carboxylic acids is 1. The topological polar surface area (TPSA) is 102 Å². The van der Waals surface area contributed by atoms with Crippen molar-refractivity contribution in [3.63, 3.8) is 0 Å². The molecule has 35 heavy (non-hydrogen) atoms. The Kier molecular flexibility index (Phi) is 8.68. The maximum absolute atomic E-state index is 13.0. The Balaban J connectivity index is 0.000000429. The van der Waals surface area contributed by atoms with Crippen molar-refractivity contribution in [2.45, 2.75) is 37.4 Å². The number of aliphatic carboxylic acids is 1. The van der Waals surface area contributed by atoms with Crippen LogP contribution in [0.2, 0.25) is 0 Å². The second-order valence-corrected chi connectivity index (χ2v) is 8.63. The van der Waals surface area contributed by atoms with Crippen molar-refractivity contribution in [3.8, 4) is 0 Å². The van der Waals surface area contributed by atoms with Gasteiger partial charge in [0, 0.05) is 36.3 Å². The van der Waals surface area contributed by atoms with Crippen LogP contribution in [0.3, 0.4) is 0 Å². The number of benzene rings is 2. The molecule has 7 nitrogen and oxygen atoms in total. The van der Waals surface area contributed by atoms with Gasteiger partial charge in [-0.05, 0) is 73.7 Å². The van der Waals surface area contributed by atoms with E-state index in [0.717, 1.165) is 44.6 Å². The summed E-state index contributed by atoms with van der Waals surface area (Å²) in [5.41, 5.74) is 4.44. The Hall–Kier alpha value is -3.18. The van der Waals surface area contributed by atoms with Gasteiger partial charge >= 0.3 is 12.1 Å². The molecule has 1 heterocycles. The summed E-state index contributed by atoms with van der Waals surface area (Å²) < 4.78 is 44.8. The van der Waals surface area contributed by atoms with Gasteiger partial charge in [-0.1, -0.05) is 12.1 Å². The van der Waals surface area contributed by atoms with Gasteiger partial charge in [0.1, 0.15) is 5.82 Å². The lowest BCUT2D eigenvalue weighted by molar-refractivity contribution is -0.192. The number of hydrogen-bond donors (Lipinski definition) is 4. The van der Waals surface area contributed by atoms with Crippen LogP contribution in [0.15, 0.2) is 48.5 Å². The molecule has 0 bridgehead atoms. The molecule has 2 unspecified atom stereocenters. The van der Waals surface area contributed by atoms with E-state index in [9.17, 15) is 22.4 Å². The number of carboxylic acid groups (broad SMARTS) is 1. The maximum atomic E-state index is 13.0. The van der Waals surface area contributed by atoms with Gasteiger partial charge in [-0.15, -0.1) is 0 Å². The number of carbonyl (C=O) groups excluding carboxylic acids is 1. The fourth-order valence-corrected chi connectivity index (χ4v) is 4.10. The third-order valence-corrected chi connectivity index (χ3v) is 6.21. The first-order valence-electron chi connectivity index (χ1n) is 11.2. The number of piperidine rings is 1. The Morgan fingerprint density at radius 3 is 2.09 bits per heavy atom. The molecule has 2 fully saturated rings. The first-order valence-corrected chi connectivity index (χ1v) is 11.2. The first kappa shape index (κ1) is 26.4. The number of alkyl halides is 3. The lowest BCUT2D eigenvalue weighted by Gasteiger charge is -2.34. The molecule has 0 aromatic heterocycles. The number of hydroxylamine groups is 1. The van der Waals surface area contributed by atoms with E-state index in [1.54, 1.807) is 29.7 Å². The highest BCUT2D eigenvalue weighted by Gasteiger charge is 2.39. The number of amides is 1. The number of carbonyl (C=O) groups is 2. The van der Waals surface area contributed by atoms with E-state index in [4.69, 9.17) is 15.1 Å². The molecular formula is C24H27F4N3O4. The predicted octanol–water partition coefficient (Wildman–Crippen LogP) is 3.94. The average Bonchev–Trinajstić information content (AvgIpc) is 3.62. The van der Waals surface area contributed by atoms with Gasteiger partial charge in [-0.2, -0.15) is 13.2 Å². The molecule has 2 atom stereocenters. The third kappa shape index (κ3) is 7.66. The van der Waals surface area contributed by atoms with Crippen LogP contribution in [0, 0.1) is 11.7 Å². The maximum Gasteiger partial charge on any atom is 0.490 e.